The minimum Gasteiger partial charge on any atom is -0.400 e. The van der Waals surface area contributed by atoms with Crippen LogP contribution in [0.4, 0.5) is 8.78 Å². The summed E-state index contributed by atoms with van der Waals surface area (Å²) in [6.07, 6.45) is 1.56. The van der Waals surface area contributed by atoms with E-state index in [-0.39, 0.29) is 6.54 Å². The van der Waals surface area contributed by atoms with E-state index < -0.39 is 35.0 Å². The topological polar surface area (TPSA) is 44.5 Å². The van der Waals surface area contributed by atoms with Gasteiger partial charge < -0.3 is 15.0 Å². The lowest BCUT2D eigenvalue weighted by atomic mass is 9.77. The van der Waals surface area contributed by atoms with Crippen molar-refractivity contribution in [3.63, 3.8) is 0 Å². The maximum atomic E-state index is 13.5. The maximum absolute atomic E-state index is 13.5. The molecule has 1 fully saturated rings. The molecule has 0 amide bonds. The predicted molar refractivity (Wildman–Crippen MR) is 84.5 cm³/mol. The Hall–Kier alpha value is -0.945. The zero-order valence-corrected chi connectivity index (χ0v) is 13.8. The average Bonchev–Trinajstić information content (AvgIpc) is 2.61. The molecular formula is C15H19BClF2NO2. The summed E-state index contributed by atoms with van der Waals surface area (Å²) in [6, 6.07) is 2.29. The van der Waals surface area contributed by atoms with E-state index in [0.29, 0.717) is 11.0 Å². The fourth-order valence-corrected chi connectivity index (χ4v) is 2.20. The molecule has 1 saturated heterocycles. The quantitative estimate of drug-likeness (QED) is 0.681. The van der Waals surface area contributed by atoms with E-state index in [0.717, 1.165) is 12.1 Å². The molecular weight excluding hydrogens is 310 g/mol. The lowest BCUT2D eigenvalue weighted by Crippen LogP contribution is -2.41. The molecule has 1 aromatic carbocycles. The summed E-state index contributed by atoms with van der Waals surface area (Å²) < 4.78 is 38.8. The summed E-state index contributed by atoms with van der Waals surface area (Å²) in [5.74, 6) is -1.64. The third-order valence-corrected chi connectivity index (χ3v) is 4.51. The van der Waals surface area contributed by atoms with Crippen molar-refractivity contribution in [2.45, 2.75) is 38.9 Å². The van der Waals surface area contributed by atoms with Gasteiger partial charge in [0.25, 0.3) is 0 Å². The number of benzene rings is 1. The summed E-state index contributed by atoms with van der Waals surface area (Å²) in [4.78, 5) is 0. The summed E-state index contributed by atoms with van der Waals surface area (Å²) in [5.41, 5.74) is 5.63. The van der Waals surface area contributed by atoms with Gasteiger partial charge in [0.05, 0.1) is 11.2 Å². The van der Waals surface area contributed by atoms with Crippen molar-refractivity contribution in [1.29, 1.82) is 0 Å². The molecule has 0 spiro atoms. The molecule has 3 nitrogen and oxygen atoms in total. The van der Waals surface area contributed by atoms with Gasteiger partial charge in [0.2, 0.25) is 0 Å². The van der Waals surface area contributed by atoms with Crippen molar-refractivity contribution in [2.24, 2.45) is 5.73 Å². The van der Waals surface area contributed by atoms with Gasteiger partial charge in [-0.05, 0) is 50.9 Å². The molecule has 0 saturated carbocycles. The molecule has 120 valence electrons. The molecule has 2 rings (SSSR count). The Kier molecular flexibility index (Phi) is 4.69. The van der Waals surface area contributed by atoms with Gasteiger partial charge in [-0.3, -0.25) is 0 Å². The molecule has 0 unspecified atom stereocenters. The Morgan fingerprint density at radius 1 is 1.18 bits per heavy atom. The first-order valence-electron chi connectivity index (χ1n) is 6.98. The highest BCUT2D eigenvalue weighted by Gasteiger charge is 2.52. The van der Waals surface area contributed by atoms with Gasteiger partial charge in [-0.1, -0.05) is 17.7 Å². The van der Waals surface area contributed by atoms with Crippen LogP contribution in [0.3, 0.4) is 0 Å². The second-order valence-electron chi connectivity index (χ2n) is 6.31. The highest BCUT2D eigenvalue weighted by atomic mass is 35.5. The SMILES string of the molecule is CC1(C)OB(C(=Cc2cc(F)c(Cl)c(F)c2)CN)OC1(C)C. The van der Waals surface area contributed by atoms with Crippen molar-refractivity contribution < 1.29 is 18.1 Å². The fourth-order valence-electron chi connectivity index (χ4n) is 2.09. The van der Waals surface area contributed by atoms with E-state index in [2.05, 4.69) is 0 Å². The number of hydrogen-bond donors (Lipinski definition) is 1. The van der Waals surface area contributed by atoms with Crippen molar-refractivity contribution >= 4 is 24.8 Å². The molecule has 0 bridgehead atoms. The van der Waals surface area contributed by atoms with Crippen LogP contribution in [0.15, 0.2) is 17.6 Å². The Morgan fingerprint density at radius 2 is 1.64 bits per heavy atom. The van der Waals surface area contributed by atoms with Gasteiger partial charge in [0, 0.05) is 6.54 Å². The van der Waals surface area contributed by atoms with Crippen LogP contribution in [-0.4, -0.2) is 24.9 Å². The second-order valence-corrected chi connectivity index (χ2v) is 6.69. The molecule has 1 aliphatic rings. The van der Waals surface area contributed by atoms with Crippen LogP contribution in [-0.2, 0) is 9.31 Å². The lowest BCUT2D eigenvalue weighted by molar-refractivity contribution is 0.00578. The van der Waals surface area contributed by atoms with Crippen molar-refractivity contribution in [1.82, 2.24) is 0 Å². The van der Waals surface area contributed by atoms with Crippen LogP contribution < -0.4 is 5.73 Å². The highest BCUT2D eigenvalue weighted by molar-refractivity contribution is 6.55. The van der Waals surface area contributed by atoms with Gasteiger partial charge in [-0.2, -0.15) is 0 Å². The van der Waals surface area contributed by atoms with Gasteiger partial charge in [-0.25, -0.2) is 8.78 Å². The Balaban J connectivity index is 2.34. The highest BCUT2D eigenvalue weighted by Crippen LogP contribution is 2.38. The van der Waals surface area contributed by atoms with Crippen LogP contribution in [0.25, 0.3) is 6.08 Å². The first kappa shape index (κ1) is 17.4. The maximum Gasteiger partial charge on any atom is 0.491 e. The summed E-state index contributed by atoms with van der Waals surface area (Å²) in [6.45, 7) is 7.82. The van der Waals surface area contributed by atoms with E-state index in [1.807, 2.05) is 27.7 Å². The van der Waals surface area contributed by atoms with Gasteiger partial charge in [0.15, 0.2) is 0 Å². The van der Waals surface area contributed by atoms with E-state index >= 15 is 0 Å². The van der Waals surface area contributed by atoms with Crippen LogP contribution in [0.2, 0.25) is 5.02 Å². The molecule has 7 heteroatoms. The standard InChI is InChI=1S/C15H19BClF2NO2/c1-14(2)15(3,4)22-16(21-14)10(8-20)5-9-6-11(18)13(17)12(19)7-9/h5-7H,8,20H2,1-4H3. The predicted octanol–water partition coefficient (Wildman–Crippen LogP) is 3.59. The van der Waals surface area contributed by atoms with Gasteiger partial charge in [-0.15, -0.1) is 0 Å². The number of rotatable bonds is 3. The van der Waals surface area contributed by atoms with Gasteiger partial charge in [0.1, 0.15) is 16.7 Å². The number of halogens is 3. The third kappa shape index (κ3) is 3.20. The summed E-state index contributed by atoms with van der Waals surface area (Å²) in [7, 11) is -0.656. The van der Waals surface area contributed by atoms with E-state index in [4.69, 9.17) is 26.6 Å². The molecule has 1 heterocycles. The first-order chi connectivity index (χ1) is 10.1. The monoisotopic (exact) mass is 329 g/mol. The summed E-state index contributed by atoms with van der Waals surface area (Å²) >= 11 is 5.48. The molecule has 1 aromatic rings. The largest absolute Gasteiger partial charge is 0.491 e. The van der Waals surface area contributed by atoms with Crippen LogP contribution in [0, 0.1) is 11.6 Å². The lowest BCUT2D eigenvalue weighted by Gasteiger charge is -2.32. The molecule has 0 radical (unpaired) electrons. The van der Waals surface area contributed by atoms with E-state index in [1.54, 1.807) is 6.08 Å². The molecule has 0 aliphatic carbocycles. The average molecular weight is 330 g/mol. The van der Waals surface area contributed by atoms with Crippen LogP contribution >= 0.6 is 11.6 Å². The zero-order valence-electron chi connectivity index (χ0n) is 13.0. The van der Waals surface area contributed by atoms with E-state index in [1.165, 1.54) is 0 Å². The number of hydrogen-bond acceptors (Lipinski definition) is 3. The second kappa shape index (κ2) is 5.93. The Bertz CT molecular complexity index is 581. The molecule has 0 aromatic heterocycles. The van der Waals surface area contributed by atoms with Crippen LogP contribution in [0.1, 0.15) is 33.3 Å². The van der Waals surface area contributed by atoms with Gasteiger partial charge >= 0.3 is 7.12 Å². The smallest absolute Gasteiger partial charge is 0.400 e. The zero-order chi connectivity index (χ0) is 16.7. The van der Waals surface area contributed by atoms with Crippen molar-refractivity contribution in [3.05, 3.63) is 39.8 Å². The third-order valence-electron chi connectivity index (χ3n) is 4.15. The molecule has 22 heavy (non-hydrogen) atoms. The normalized spacial score (nSPS) is 20.5. The van der Waals surface area contributed by atoms with Crippen molar-refractivity contribution in [3.8, 4) is 0 Å². The van der Waals surface area contributed by atoms with E-state index in [9.17, 15) is 8.78 Å². The molecule has 2 N–H and O–H groups in total. The minimum absolute atomic E-state index is 0.142. The minimum atomic E-state index is -0.821. The fraction of sp³-hybridized carbons (Fsp3) is 0.467. The van der Waals surface area contributed by atoms with Crippen molar-refractivity contribution in [2.75, 3.05) is 6.54 Å². The Labute approximate surface area is 134 Å². The van der Waals surface area contributed by atoms with Crippen LogP contribution in [0.5, 0.6) is 0 Å². The Morgan fingerprint density at radius 3 is 2.05 bits per heavy atom. The number of nitrogens with two attached hydrogens (primary N) is 1. The first-order valence-corrected chi connectivity index (χ1v) is 7.36. The summed E-state index contributed by atoms with van der Waals surface area (Å²) in [5, 5.41) is -0.526. The molecule has 0 atom stereocenters. The molecule has 1 aliphatic heterocycles.